The van der Waals surface area contributed by atoms with Crippen molar-refractivity contribution in [3.63, 3.8) is 0 Å². The van der Waals surface area contributed by atoms with Crippen LogP contribution >= 0.6 is 35.0 Å². The van der Waals surface area contributed by atoms with Gasteiger partial charge < -0.3 is 10.1 Å². The molecule has 2 aromatic rings. The van der Waals surface area contributed by atoms with E-state index in [0.29, 0.717) is 27.4 Å². The van der Waals surface area contributed by atoms with E-state index in [2.05, 4.69) is 15.5 Å². The maximum atomic E-state index is 12.2. The minimum Gasteiger partial charge on any atom is -0.496 e. The molecule has 0 radical (unpaired) electrons. The van der Waals surface area contributed by atoms with Crippen LogP contribution in [0.15, 0.2) is 52.7 Å². The largest absolute Gasteiger partial charge is 0.496 e. The number of halogens is 2. The van der Waals surface area contributed by atoms with Crippen LogP contribution in [0.1, 0.15) is 11.1 Å². The summed E-state index contributed by atoms with van der Waals surface area (Å²) in [7, 11) is 1.59. The van der Waals surface area contributed by atoms with E-state index in [4.69, 9.17) is 27.9 Å². The van der Waals surface area contributed by atoms with E-state index < -0.39 is 0 Å². The van der Waals surface area contributed by atoms with Gasteiger partial charge in [0, 0.05) is 15.6 Å². The number of hydrogen-bond acceptors (Lipinski definition) is 5. The molecule has 1 aliphatic rings. The van der Waals surface area contributed by atoms with E-state index in [9.17, 15) is 4.79 Å². The zero-order chi connectivity index (χ0) is 18.5. The zero-order valence-electron chi connectivity index (χ0n) is 13.8. The number of amidine groups is 1. The van der Waals surface area contributed by atoms with Crippen LogP contribution in [0.4, 0.5) is 0 Å². The fraction of sp³-hybridized carbons (Fsp3) is 0.167. The van der Waals surface area contributed by atoms with Gasteiger partial charge in [-0.2, -0.15) is 5.10 Å². The number of thioether (sulfide) groups is 1. The SMILES string of the molecule is COc1ccccc1/C=N/N=C1\NC(=O)C(Cc2cc(Cl)ccc2Cl)S1. The first-order valence-electron chi connectivity index (χ1n) is 7.72. The topological polar surface area (TPSA) is 63.1 Å². The number of methoxy groups -OCH3 is 1. The molecule has 1 saturated heterocycles. The van der Waals surface area contributed by atoms with Crippen molar-refractivity contribution in [1.29, 1.82) is 0 Å². The molecule has 1 heterocycles. The molecule has 1 unspecified atom stereocenters. The number of ether oxygens (including phenoxy) is 1. The van der Waals surface area contributed by atoms with Crippen molar-refractivity contribution in [1.82, 2.24) is 5.32 Å². The lowest BCUT2D eigenvalue weighted by molar-refractivity contribution is -0.118. The summed E-state index contributed by atoms with van der Waals surface area (Å²) in [4.78, 5) is 12.2. The standard InChI is InChI=1S/C18H15Cl2N3O2S/c1-25-15-5-3-2-4-11(15)10-21-23-18-22-17(24)16(26-18)9-12-8-13(19)6-7-14(12)20/h2-8,10,16H,9H2,1H3,(H,22,23,24)/b21-10+. The summed E-state index contributed by atoms with van der Waals surface area (Å²) in [5, 5.41) is 12.1. The van der Waals surface area contributed by atoms with Crippen LogP contribution in [-0.4, -0.2) is 29.6 Å². The first-order chi connectivity index (χ1) is 12.6. The van der Waals surface area contributed by atoms with Gasteiger partial charge in [-0.25, -0.2) is 0 Å². The molecule has 26 heavy (non-hydrogen) atoms. The van der Waals surface area contributed by atoms with Crippen molar-refractivity contribution in [2.24, 2.45) is 10.2 Å². The lowest BCUT2D eigenvalue weighted by Crippen LogP contribution is -2.26. The van der Waals surface area contributed by atoms with E-state index in [1.807, 2.05) is 24.3 Å². The molecular weight excluding hydrogens is 393 g/mol. The minimum absolute atomic E-state index is 0.128. The summed E-state index contributed by atoms with van der Waals surface area (Å²) in [5.41, 5.74) is 1.63. The fourth-order valence-corrected chi connectivity index (χ4v) is 3.74. The Hall–Kier alpha value is -2.02. The van der Waals surface area contributed by atoms with Crippen molar-refractivity contribution in [2.45, 2.75) is 11.7 Å². The molecule has 0 spiro atoms. The van der Waals surface area contributed by atoms with Crippen molar-refractivity contribution >= 4 is 52.3 Å². The number of rotatable bonds is 5. The summed E-state index contributed by atoms with van der Waals surface area (Å²) in [6.07, 6.45) is 2.05. The second kappa shape index (κ2) is 8.58. The third-order valence-electron chi connectivity index (χ3n) is 3.67. The molecule has 134 valence electrons. The lowest BCUT2D eigenvalue weighted by atomic mass is 10.1. The van der Waals surface area contributed by atoms with Crippen LogP contribution in [0.5, 0.6) is 5.75 Å². The highest BCUT2D eigenvalue weighted by Crippen LogP contribution is 2.28. The summed E-state index contributed by atoms with van der Waals surface area (Å²) in [5.74, 6) is 0.574. The quantitative estimate of drug-likeness (QED) is 0.597. The molecule has 0 saturated carbocycles. The number of nitrogens with zero attached hydrogens (tertiary/aromatic N) is 2. The Morgan fingerprint density at radius 2 is 2.08 bits per heavy atom. The van der Waals surface area contributed by atoms with Gasteiger partial charge in [-0.05, 0) is 42.3 Å². The summed E-state index contributed by atoms with van der Waals surface area (Å²) >= 11 is 13.5. The van der Waals surface area contributed by atoms with Gasteiger partial charge in [-0.15, -0.1) is 5.10 Å². The maximum absolute atomic E-state index is 12.2. The maximum Gasteiger partial charge on any atom is 0.239 e. The normalized spacial score (nSPS) is 18.5. The van der Waals surface area contributed by atoms with Gasteiger partial charge >= 0.3 is 0 Å². The van der Waals surface area contributed by atoms with Gasteiger partial charge in [0.05, 0.1) is 18.6 Å². The third kappa shape index (κ3) is 4.58. The van der Waals surface area contributed by atoms with Gasteiger partial charge in [0.1, 0.15) is 5.75 Å². The Labute approximate surface area is 165 Å². The number of hydrogen-bond donors (Lipinski definition) is 1. The molecule has 2 aromatic carbocycles. The van der Waals surface area contributed by atoms with Crippen LogP contribution in [0.3, 0.4) is 0 Å². The molecule has 1 atom stereocenters. The number of benzene rings is 2. The van der Waals surface area contributed by atoms with Crippen molar-refractivity contribution < 1.29 is 9.53 Å². The second-order valence-corrected chi connectivity index (χ2v) is 7.46. The Balaban J connectivity index is 1.68. The predicted octanol–water partition coefficient (Wildman–Crippen LogP) is 4.17. The van der Waals surface area contributed by atoms with Gasteiger partial charge in [0.25, 0.3) is 0 Å². The molecule has 8 heteroatoms. The van der Waals surface area contributed by atoms with E-state index in [-0.39, 0.29) is 11.2 Å². The fourth-order valence-electron chi connectivity index (χ4n) is 2.40. The molecule has 0 bridgehead atoms. The molecule has 1 aliphatic heterocycles. The van der Waals surface area contributed by atoms with Crippen LogP contribution < -0.4 is 10.1 Å². The summed E-state index contributed by atoms with van der Waals surface area (Å²) in [6.45, 7) is 0. The highest BCUT2D eigenvalue weighted by atomic mass is 35.5. The minimum atomic E-state index is -0.328. The van der Waals surface area contributed by atoms with Gasteiger partial charge in [-0.3, -0.25) is 4.79 Å². The Kier molecular flexibility index (Phi) is 6.19. The number of carbonyl (C=O) groups excluding carboxylic acids is 1. The van der Waals surface area contributed by atoms with E-state index in [0.717, 1.165) is 11.1 Å². The monoisotopic (exact) mass is 407 g/mol. The number of para-hydroxylation sites is 1. The highest BCUT2D eigenvalue weighted by molar-refractivity contribution is 8.15. The van der Waals surface area contributed by atoms with Crippen molar-refractivity contribution in [2.75, 3.05) is 7.11 Å². The molecular formula is C18H15Cl2N3O2S. The Morgan fingerprint density at radius 3 is 2.88 bits per heavy atom. The number of amides is 1. The smallest absolute Gasteiger partial charge is 0.239 e. The zero-order valence-corrected chi connectivity index (χ0v) is 16.1. The van der Waals surface area contributed by atoms with Gasteiger partial charge in [-0.1, -0.05) is 47.1 Å². The van der Waals surface area contributed by atoms with Crippen LogP contribution in [-0.2, 0) is 11.2 Å². The van der Waals surface area contributed by atoms with Crippen LogP contribution in [0.2, 0.25) is 10.0 Å². The Morgan fingerprint density at radius 1 is 1.27 bits per heavy atom. The second-order valence-electron chi connectivity index (χ2n) is 5.43. The van der Waals surface area contributed by atoms with E-state index >= 15 is 0 Å². The van der Waals surface area contributed by atoms with Gasteiger partial charge in [0.2, 0.25) is 5.91 Å². The highest BCUT2D eigenvalue weighted by Gasteiger charge is 2.31. The Bertz CT molecular complexity index is 886. The van der Waals surface area contributed by atoms with Crippen LogP contribution in [0, 0.1) is 0 Å². The van der Waals surface area contributed by atoms with E-state index in [1.54, 1.807) is 31.5 Å². The molecule has 1 N–H and O–H groups in total. The molecule has 0 aromatic heterocycles. The van der Waals surface area contributed by atoms with Crippen molar-refractivity contribution in [3.05, 3.63) is 63.6 Å². The lowest BCUT2D eigenvalue weighted by Gasteiger charge is -2.07. The number of carbonyl (C=O) groups is 1. The average Bonchev–Trinajstić information content (AvgIpc) is 2.98. The predicted molar refractivity (Wildman–Crippen MR) is 108 cm³/mol. The summed E-state index contributed by atoms with van der Waals surface area (Å²) < 4.78 is 5.25. The first-order valence-corrected chi connectivity index (χ1v) is 9.36. The van der Waals surface area contributed by atoms with Gasteiger partial charge in [0.15, 0.2) is 5.17 Å². The molecule has 0 aliphatic carbocycles. The van der Waals surface area contributed by atoms with E-state index in [1.165, 1.54) is 11.8 Å². The molecule has 3 rings (SSSR count). The van der Waals surface area contributed by atoms with Crippen molar-refractivity contribution in [3.8, 4) is 5.75 Å². The molecule has 1 fully saturated rings. The summed E-state index contributed by atoms with van der Waals surface area (Å²) in [6, 6.07) is 12.7. The first kappa shape index (κ1) is 18.8. The molecule has 1 amide bonds. The third-order valence-corrected chi connectivity index (χ3v) is 5.35. The number of nitrogens with one attached hydrogen (secondary N) is 1. The molecule has 5 nitrogen and oxygen atoms in total. The average molecular weight is 408 g/mol. The van der Waals surface area contributed by atoms with Crippen LogP contribution in [0.25, 0.3) is 0 Å².